The van der Waals surface area contributed by atoms with Crippen LogP contribution in [0.1, 0.15) is 53.8 Å². The molecule has 1 aromatic rings. The average Bonchev–Trinajstić information content (AvgIpc) is 3.15. The summed E-state index contributed by atoms with van der Waals surface area (Å²) in [5.74, 6) is -1.94. The third-order valence-corrected chi connectivity index (χ3v) is 3.88. The van der Waals surface area contributed by atoms with E-state index in [2.05, 4.69) is 19.2 Å². The van der Waals surface area contributed by atoms with Gasteiger partial charge in [0, 0.05) is 6.54 Å². The van der Waals surface area contributed by atoms with E-state index in [0.717, 1.165) is 25.3 Å². The zero-order valence-electron chi connectivity index (χ0n) is 12.3. The average molecular weight is 293 g/mol. The second-order valence-corrected chi connectivity index (χ2v) is 6.28. The van der Waals surface area contributed by atoms with Gasteiger partial charge in [0.1, 0.15) is 5.82 Å². The fraction of sp³-hybridized carbons (Fsp3) is 0.500. The molecule has 0 radical (unpaired) electrons. The number of carboxylic acids is 1. The van der Waals surface area contributed by atoms with Gasteiger partial charge in [0.15, 0.2) is 0 Å². The van der Waals surface area contributed by atoms with Gasteiger partial charge in [-0.3, -0.25) is 4.79 Å². The van der Waals surface area contributed by atoms with Crippen LogP contribution in [-0.4, -0.2) is 23.5 Å². The Kier molecular flexibility index (Phi) is 4.30. The highest BCUT2D eigenvalue weighted by molar-refractivity contribution is 5.96. The number of carboxylic acid groups (broad SMARTS) is 1. The molecule has 5 heteroatoms. The van der Waals surface area contributed by atoms with E-state index in [9.17, 15) is 14.0 Å². The first-order chi connectivity index (χ1) is 9.83. The monoisotopic (exact) mass is 293 g/mol. The second-order valence-electron chi connectivity index (χ2n) is 6.28. The molecule has 0 saturated heterocycles. The molecule has 2 rings (SSSR count). The quantitative estimate of drug-likeness (QED) is 0.847. The summed E-state index contributed by atoms with van der Waals surface area (Å²) in [4.78, 5) is 22.7. The lowest BCUT2D eigenvalue weighted by molar-refractivity contribution is 0.0695. The lowest BCUT2D eigenvalue weighted by Gasteiger charge is -2.18. The number of nitrogens with one attached hydrogen (secondary N) is 1. The van der Waals surface area contributed by atoms with Crippen molar-refractivity contribution in [1.29, 1.82) is 0 Å². The predicted molar refractivity (Wildman–Crippen MR) is 76.8 cm³/mol. The van der Waals surface area contributed by atoms with Crippen molar-refractivity contribution in [2.24, 2.45) is 11.3 Å². The maximum atomic E-state index is 13.8. The van der Waals surface area contributed by atoms with Crippen LogP contribution in [0.4, 0.5) is 4.39 Å². The number of benzene rings is 1. The summed E-state index contributed by atoms with van der Waals surface area (Å²) in [6, 6.07) is 3.33. The third kappa shape index (κ3) is 3.80. The topological polar surface area (TPSA) is 66.4 Å². The fourth-order valence-corrected chi connectivity index (χ4v) is 2.69. The Balaban J connectivity index is 1.99. The first-order valence-corrected chi connectivity index (χ1v) is 7.14. The number of aromatic carboxylic acids is 1. The van der Waals surface area contributed by atoms with Crippen LogP contribution in [0.5, 0.6) is 0 Å². The first-order valence-electron chi connectivity index (χ1n) is 7.14. The number of carbonyl (C=O) groups excluding carboxylic acids is 1. The van der Waals surface area contributed by atoms with E-state index in [0.29, 0.717) is 12.5 Å². The summed E-state index contributed by atoms with van der Waals surface area (Å²) >= 11 is 0. The molecule has 0 unspecified atom stereocenters. The third-order valence-electron chi connectivity index (χ3n) is 3.88. The molecule has 4 nitrogen and oxygen atoms in total. The summed E-state index contributed by atoms with van der Waals surface area (Å²) in [5, 5.41) is 11.5. The van der Waals surface area contributed by atoms with Gasteiger partial charge in [-0.05, 0) is 48.8 Å². The van der Waals surface area contributed by atoms with E-state index < -0.39 is 17.7 Å². The summed E-state index contributed by atoms with van der Waals surface area (Å²) in [6.45, 7) is 4.84. The first kappa shape index (κ1) is 15.5. The van der Waals surface area contributed by atoms with Crippen LogP contribution < -0.4 is 5.32 Å². The predicted octanol–water partition coefficient (Wildman–Crippen LogP) is 3.08. The van der Waals surface area contributed by atoms with Gasteiger partial charge in [0.25, 0.3) is 5.91 Å². The van der Waals surface area contributed by atoms with Crippen molar-refractivity contribution in [1.82, 2.24) is 5.32 Å². The van der Waals surface area contributed by atoms with Crippen molar-refractivity contribution in [3.05, 3.63) is 35.1 Å². The summed E-state index contributed by atoms with van der Waals surface area (Å²) < 4.78 is 13.8. The molecule has 114 valence electrons. The zero-order valence-corrected chi connectivity index (χ0v) is 12.3. The van der Waals surface area contributed by atoms with Crippen LogP contribution in [0.3, 0.4) is 0 Å². The standard InChI is InChI=1S/C16H20FNO3/c1-10(2)8-16(5-6-16)9-18-14(19)12-4-3-11(15(20)21)7-13(12)17/h3-4,7,10H,5-6,8-9H2,1-2H3,(H,18,19)(H,20,21). The Bertz CT molecular complexity index is 565. The SMILES string of the molecule is CC(C)CC1(CNC(=O)c2ccc(C(=O)O)cc2F)CC1. The number of rotatable bonds is 6. The minimum absolute atomic E-state index is 0.111. The highest BCUT2D eigenvalue weighted by Crippen LogP contribution is 2.50. The Hall–Kier alpha value is -1.91. The van der Waals surface area contributed by atoms with Crippen LogP contribution >= 0.6 is 0 Å². The minimum Gasteiger partial charge on any atom is -0.478 e. The van der Waals surface area contributed by atoms with Gasteiger partial charge >= 0.3 is 5.97 Å². The highest BCUT2D eigenvalue weighted by atomic mass is 19.1. The van der Waals surface area contributed by atoms with Gasteiger partial charge in [-0.2, -0.15) is 0 Å². The second kappa shape index (κ2) is 5.84. The molecular formula is C16H20FNO3. The largest absolute Gasteiger partial charge is 0.478 e. The molecule has 1 aliphatic carbocycles. The van der Waals surface area contributed by atoms with Crippen LogP contribution in [0.25, 0.3) is 0 Å². The number of halogens is 1. The van der Waals surface area contributed by atoms with Gasteiger partial charge in [-0.15, -0.1) is 0 Å². The summed E-state index contributed by atoms with van der Waals surface area (Å²) in [6.07, 6.45) is 3.23. The molecule has 1 aliphatic rings. The van der Waals surface area contributed by atoms with Crippen molar-refractivity contribution < 1.29 is 19.1 Å². The maximum absolute atomic E-state index is 13.8. The lowest BCUT2D eigenvalue weighted by atomic mass is 9.94. The molecule has 0 atom stereocenters. The van der Waals surface area contributed by atoms with Gasteiger partial charge < -0.3 is 10.4 Å². The maximum Gasteiger partial charge on any atom is 0.335 e. The van der Waals surface area contributed by atoms with Crippen LogP contribution in [0, 0.1) is 17.2 Å². The normalized spacial score (nSPS) is 15.8. The Morgan fingerprint density at radius 1 is 1.38 bits per heavy atom. The van der Waals surface area contributed by atoms with E-state index in [1.54, 1.807) is 0 Å². The van der Waals surface area contributed by atoms with Gasteiger partial charge in [0.2, 0.25) is 0 Å². The number of carbonyl (C=O) groups is 2. The number of hydrogen-bond acceptors (Lipinski definition) is 2. The molecule has 1 aromatic carbocycles. The number of amides is 1. The summed E-state index contributed by atoms with van der Waals surface area (Å²) in [5.41, 5.74) is -0.107. The van der Waals surface area contributed by atoms with Crippen molar-refractivity contribution >= 4 is 11.9 Å². The van der Waals surface area contributed by atoms with E-state index in [1.165, 1.54) is 12.1 Å². The van der Waals surface area contributed by atoms with Crippen LogP contribution in [-0.2, 0) is 0 Å². The fourth-order valence-electron chi connectivity index (χ4n) is 2.69. The molecule has 2 N–H and O–H groups in total. The smallest absolute Gasteiger partial charge is 0.335 e. The van der Waals surface area contributed by atoms with Crippen molar-refractivity contribution in [2.75, 3.05) is 6.54 Å². The minimum atomic E-state index is -1.21. The van der Waals surface area contributed by atoms with E-state index in [-0.39, 0.29) is 16.5 Å². The molecular weight excluding hydrogens is 273 g/mol. The summed E-state index contributed by atoms with van der Waals surface area (Å²) in [7, 11) is 0. The van der Waals surface area contributed by atoms with Crippen molar-refractivity contribution in [3.8, 4) is 0 Å². The molecule has 0 spiro atoms. The molecule has 0 bridgehead atoms. The Morgan fingerprint density at radius 2 is 2.05 bits per heavy atom. The van der Waals surface area contributed by atoms with E-state index in [1.807, 2.05) is 0 Å². The molecule has 1 fully saturated rings. The molecule has 0 heterocycles. The van der Waals surface area contributed by atoms with Crippen molar-refractivity contribution in [2.45, 2.75) is 33.1 Å². The van der Waals surface area contributed by atoms with Crippen molar-refractivity contribution in [3.63, 3.8) is 0 Å². The highest BCUT2D eigenvalue weighted by Gasteiger charge is 2.42. The van der Waals surface area contributed by atoms with Gasteiger partial charge in [-0.25, -0.2) is 9.18 Å². The van der Waals surface area contributed by atoms with Crippen LogP contribution in [0.15, 0.2) is 18.2 Å². The molecule has 1 amide bonds. The number of hydrogen-bond donors (Lipinski definition) is 2. The Labute approximate surface area is 123 Å². The zero-order chi connectivity index (χ0) is 15.6. The molecule has 21 heavy (non-hydrogen) atoms. The molecule has 0 aromatic heterocycles. The van der Waals surface area contributed by atoms with Gasteiger partial charge in [0.05, 0.1) is 11.1 Å². The molecule has 1 saturated carbocycles. The van der Waals surface area contributed by atoms with Gasteiger partial charge in [-0.1, -0.05) is 13.8 Å². The Morgan fingerprint density at radius 3 is 2.52 bits per heavy atom. The van der Waals surface area contributed by atoms with E-state index in [4.69, 9.17) is 5.11 Å². The lowest BCUT2D eigenvalue weighted by Crippen LogP contribution is -2.31. The molecule has 0 aliphatic heterocycles. The van der Waals surface area contributed by atoms with Crippen LogP contribution in [0.2, 0.25) is 0 Å². The van der Waals surface area contributed by atoms with E-state index >= 15 is 0 Å².